The van der Waals surface area contributed by atoms with Crippen molar-refractivity contribution < 1.29 is 23.1 Å². The molecule has 1 fully saturated rings. The van der Waals surface area contributed by atoms with Crippen molar-refractivity contribution in [3.05, 3.63) is 92.7 Å². The van der Waals surface area contributed by atoms with Gasteiger partial charge in [0.15, 0.2) is 0 Å². The summed E-state index contributed by atoms with van der Waals surface area (Å²) in [6.45, 7) is 3.79. The van der Waals surface area contributed by atoms with Crippen LogP contribution in [0, 0.1) is 17.8 Å². The number of ether oxygens (including phenoxy) is 1. The molecule has 7 nitrogen and oxygen atoms in total. The molecule has 3 aromatic rings. The third-order valence-corrected chi connectivity index (χ3v) is 13.7. The third kappa shape index (κ3) is 6.12. The van der Waals surface area contributed by atoms with E-state index in [9.17, 15) is 18.3 Å². The van der Waals surface area contributed by atoms with Gasteiger partial charge in [0.2, 0.25) is 10.0 Å². The number of nitrogens with zero attached hydrogens (tertiary/aromatic N) is 1. The first-order valence-corrected chi connectivity index (χ1v) is 19.2. The standard InChI is InChI=1S/C36H41ClN2O5S2/c1-23-4-2-6-32(40)29-10-7-27(29)19-39-21-36(14-3-5-25-17-28(37)9-11-30(25)36)22-44-33-12-8-26(18-31(33)39)35(41)38-46(42,43)34(23)16-24-13-15-45-20-24/h2,6,8-9,11-13,15,17-18,20,23,27,29,32,34,40H,3-5,7,10,14,16,19,21-22H2,1H3,(H,38,41)/b6-2+/t23-,27-,29+,32-,34+,36-/m0/s1. The third-order valence-electron chi connectivity index (χ3n) is 10.8. The molecule has 244 valence electrons. The molecule has 2 aromatic carbocycles. The van der Waals surface area contributed by atoms with Gasteiger partial charge in [-0.2, -0.15) is 11.3 Å². The van der Waals surface area contributed by atoms with Crippen molar-refractivity contribution in [3.8, 4) is 5.75 Å². The summed E-state index contributed by atoms with van der Waals surface area (Å²) in [5.41, 5.74) is 4.23. The minimum atomic E-state index is -4.04. The van der Waals surface area contributed by atoms with Crippen LogP contribution in [-0.2, 0) is 28.3 Å². The number of benzene rings is 2. The molecule has 4 aliphatic rings. The molecule has 10 heteroatoms. The van der Waals surface area contributed by atoms with Crippen LogP contribution in [0.2, 0.25) is 5.02 Å². The van der Waals surface area contributed by atoms with Crippen LogP contribution in [0.5, 0.6) is 5.75 Å². The van der Waals surface area contributed by atoms with Gasteiger partial charge in [0.05, 0.1) is 23.6 Å². The largest absolute Gasteiger partial charge is 0.490 e. The van der Waals surface area contributed by atoms with Crippen LogP contribution < -0.4 is 14.4 Å². The van der Waals surface area contributed by atoms with Crippen LogP contribution in [0.1, 0.15) is 66.1 Å². The van der Waals surface area contributed by atoms with E-state index in [-0.39, 0.29) is 28.7 Å². The minimum absolute atomic E-state index is 0.109. The predicted molar refractivity (Wildman–Crippen MR) is 184 cm³/mol. The fourth-order valence-electron chi connectivity index (χ4n) is 8.06. The highest BCUT2D eigenvalue weighted by molar-refractivity contribution is 7.90. The summed E-state index contributed by atoms with van der Waals surface area (Å²) in [5, 5.41) is 15.1. The van der Waals surface area contributed by atoms with Crippen molar-refractivity contribution in [1.29, 1.82) is 0 Å². The first kappa shape index (κ1) is 31.7. The van der Waals surface area contributed by atoms with Crippen LogP contribution in [0.15, 0.2) is 65.4 Å². The molecule has 0 radical (unpaired) electrons. The Balaban J connectivity index is 1.28. The van der Waals surface area contributed by atoms with Crippen molar-refractivity contribution in [3.63, 3.8) is 0 Å². The predicted octanol–water partition coefficient (Wildman–Crippen LogP) is 6.53. The van der Waals surface area contributed by atoms with Gasteiger partial charge in [-0.3, -0.25) is 4.79 Å². The van der Waals surface area contributed by atoms with Crippen molar-refractivity contribution >= 4 is 44.6 Å². The quantitative estimate of drug-likeness (QED) is 0.299. The van der Waals surface area contributed by atoms with E-state index in [0.29, 0.717) is 38.3 Å². The number of sulfonamides is 1. The Morgan fingerprint density at radius 2 is 2.04 bits per heavy atom. The molecule has 1 spiro atoms. The fraction of sp³-hybridized carbons (Fsp3) is 0.472. The average molecular weight is 681 g/mol. The van der Waals surface area contributed by atoms with Crippen molar-refractivity contribution in [2.24, 2.45) is 17.8 Å². The summed E-state index contributed by atoms with van der Waals surface area (Å²) in [6, 6.07) is 13.4. The number of aliphatic hydroxyl groups is 1. The lowest BCUT2D eigenvalue weighted by molar-refractivity contribution is 0.0456. The van der Waals surface area contributed by atoms with Gasteiger partial charge in [0.1, 0.15) is 5.75 Å². The van der Waals surface area contributed by atoms with Gasteiger partial charge in [-0.1, -0.05) is 36.7 Å². The molecule has 7 rings (SSSR count). The van der Waals surface area contributed by atoms with Gasteiger partial charge in [0.25, 0.3) is 5.91 Å². The van der Waals surface area contributed by atoms with E-state index in [0.717, 1.165) is 48.4 Å². The zero-order valence-electron chi connectivity index (χ0n) is 26.0. The number of amides is 1. The second kappa shape index (κ2) is 12.6. The maximum atomic E-state index is 13.9. The molecule has 1 amide bonds. The van der Waals surface area contributed by atoms with Gasteiger partial charge < -0.3 is 14.7 Å². The van der Waals surface area contributed by atoms with Crippen LogP contribution in [0.3, 0.4) is 0 Å². The highest BCUT2D eigenvalue weighted by Gasteiger charge is 2.44. The summed E-state index contributed by atoms with van der Waals surface area (Å²) in [4.78, 5) is 16.0. The highest BCUT2D eigenvalue weighted by Crippen LogP contribution is 2.47. The Kier molecular flexibility index (Phi) is 8.72. The molecular formula is C36H41ClN2O5S2. The van der Waals surface area contributed by atoms with Gasteiger partial charge in [0, 0.05) is 29.1 Å². The number of anilines is 1. The van der Waals surface area contributed by atoms with Crippen molar-refractivity contribution in [2.45, 2.75) is 68.6 Å². The van der Waals surface area contributed by atoms with Crippen LogP contribution in [-0.4, -0.2) is 50.5 Å². The van der Waals surface area contributed by atoms with Gasteiger partial charge in [-0.25, -0.2) is 13.1 Å². The number of aliphatic hydroxyl groups excluding tert-OH is 1. The number of rotatable bonds is 2. The number of aryl methyl sites for hydroxylation is 1. The topological polar surface area (TPSA) is 95.9 Å². The number of fused-ring (bicyclic) bond motifs is 4. The number of carbonyl (C=O) groups is 1. The number of hydrogen-bond donors (Lipinski definition) is 2. The van der Waals surface area contributed by atoms with E-state index in [1.165, 1.54) is 22.5 Å². The van der Waals surface area contributed by atoms with E-state index in [2.05, 4.69) is 21.8 Å². The lowest BCUT2D eigenvalue weighted by atomic mass is 9.68. The lowest BCUT2D eigenvalue weighted by Crippen LogP contribution is -2.49. The number of halogens is 1. The number of carbonyl (C=O) groups excluding carboxylic acids is 1. The van der Waals surface area contributed by atoms with E-state index in [4.69, 9.17) is 16.3 Å². The Morgan fingerprint density at radius 1 is 1.17 bits per heavy atom. The zero-order valence-corrected chi connectivity index (χ0v) is 28.4. The summed E-state index contributed by atoms with van der Waals surface area (Å²) >= 11 is 7.93. The maximum Gasteiger partial charge on any atom is 0.264 e. The van der Waals surface area contributed by atoms with Crippen molar-refractivity contribution in [2.75, 3.05) is 24.6 Å². The molecule has 2 aliphatic carbocycles. The second-order valence-electron chi connectivity index (χ2n) is 13.8. The molecule has 2 N–H and O–H groups in total. The molecule has 0 unspecified atom stereocenters. The highest BCUT2D eigenvalue weighted by atomic mass is 35.5. The number of allylic oxidation sites excluding steroid dienone is 1. The first-order valence-electron chi connectivity index (χ1n) is 16.3. The average Bonchev–Trinajstić information content (AvgIpc) is 3.47. The lowest BCUT2D eigenvalue weighted by Gasteiger charge is -2.45. The molecule has 46 heavy (non-hydrogen) atoms. The van der Waals surface area contributed by atoms with Gasteiger partial charge in [-0.05, 0) is 127 Å². The molecule has 2 bridgehead atoms. The van der Waals surface area contributed by atoms with E-state index in [1.807, 2.05) is 42.0 Å². The summed E-state index contributed by atoms with van der Waals surface area (Å²) in [7, 11) is -4.04. The Bertz CT molecular complexity index is 1740. The molecule has 1 aromatic heterocycles. The maximum absolute atomic E-state index is 13.9. The summed E-state index contributed by atoms with van der Waals surface area (Å²) in [5.74, 6) is 0.141. The van der Waals surface area contributed by atoms with E-state index in [1.54, 1.807) is 18.2 Å². The Labute approximate surface area is 280 Å². The number of nitrogens with one attached hydrogen (secondary N) is 1. The molecular weight excluding hydrogens is 640 g/mol. The summed E-state index contributed by atoms with van der Waals surface area (Å²) in [6.07, 6.45) is 8.85. The van der Waals surface area contributed by atoms with E-state index < -0.39 is 27.3 Å². The number of thiophene rings is 1. The second-order valence-corrected chi connectivity index (χ2v) is 16.9. The Morgan fingerprint density at radius 3 is 2.83 bits per heavy atom. The molecule has 0 saturated heterocycles. The molecule has 3 heterocycles. The van der Waals surface area contributed by atoms with Crippen molar-refractivity contribution in [1.82, 2.24) is 4.72 Å². The van der Waals surface area contributed by atoms with Gasteiger partial charge >= 0.3 is 0 Å². The zero-order chi connectivity index (χ0) is 32.1. The SMILES string of the molecule is C[C@H]1C/C=C/[C@H](O)[C@@H]2CC[C@H]2CN2C[C@@]3(CCCc4cc(Cl)ccc43)COc3ccc(cc32)C(=O)NS(=O)(=O)[C@@H]1Cc1ccsc1. The monoisotopic (exact) mass is 680 g/mol. The van der Waals surface area contributed by atoms with Gasteiger partial charge in [-0.15, -0.1) is 0 Å². The smallest absolute Gasteiger partial charge is 0.264 e. The summed E-state index contributed by atoms with van der Waals surface area (Å²) < 4.78 is 36.7. The Hall–Kier alpha value is -2.85. The molecule has 2 aliphatic heterocycles. The number of hydrogen-bond acceptors (Lipinski definition) is 7. The fourth-order valence-corrected chi connectivity index (χ4v) is 10.6. The molecule has 1 saturated carbocycles. The van der Waals surface area contributed by atoms with Crippen LogP contribution >= 0.6 is 22.9 Å². The minimum Gasteiger partial charge on any atom is -0.490 e. The molecule has 6 atom stereocenters. The van der Waals surface area contributed by atoms with Crippen LogP contribution in [0.4, 0.5) is 5.69 Å². The normalized spacial score (nSPS) is 31.4. The first-order chi connectivity index (χ1) is 22.1. The van der Waals surface area contributed by atoms with Crippen LogP contribution in [0.25, 0.3) is 0 Å². The van der Waals surface area contributed by atoms with E-state index >= 15 is 0 Å².